The van der Waals surface area contributed by atoms with E-state index in [0.717, 1.165) is 17.2 Å². The molecule has 0 spiro atoms. The van der Waals surface area contributed by atoms with Gasteiger partial charge >= 0.3 is 0 Å². The summed E-state index contributed by atoms with van der Waals surface area (Å²) in [5.41, 5.74) is 1.14. The minimum Gasteiger partial charge on any atom is -0.386 e. The monoisotopic (exact) mass is 357 g/mol. The second kappa shape index (κ2) is 8.90. The van der Waals surface area contributed by atoms with E-state index in [1.165, 1.54) is 64.2 Å². The predicted octanol–water partition coefficient (Wildman–Crippen LogP) is 4.94. The Bertz CT molecular complexity index is 576. The van der Waals surface area contributed by atoms with Crippen LogP contribution in [0.25, 0.3) is 0 Å². The van der Waals surface area contributed by atoms with Crippen LogP contribution in [0.15, 0.2) is 29.3 Å². The van der Waals surface area contributed by atoms with E-state index in [9.17, 15) is 5.11 Å². The van der Waals surface area contributed by atoms with Gasteiger partial charge in [0, 0.05) is 11.7 Å². The average Bonchev–Trinajstić information content (AvgIpc) is 2.63. The number of nitrogens with one attached hydrogen (secondary N) is 2. The van der Waals surface area contributed by atoms with Crippen LogP contribution in [0.2, 0.25) is 0 Å². The van der Waals surface area contributed by atoms with Gasteiger partial charge in [-0.3, -0.25) is 0 Å². The second-order valence-electron chi connectivity index (χ2n) is 8.51. The van der Waals surface area contributed by atoms with Gasteiger partial charge in [-0.1, -0.05) is 50.7 Å². The molecule has 3 N–H and O–H groups in total. The van der Waals surface area contributed by atoms with E-state index in [-0.39, 0.29) is 0 Å². The number of anilines is 1. The molecular formula is C22H35N3O. The fourth-order valence-electron chi connectivity index (χ4n) is 4.04. The fraction of sp³-hybridized carbons (Fsp3) is 0.682. The lowest BCUT2D eigenvalue weighted by atomic mass is 9.95. The van der Waals surface area contributed by atoms with Crippen molar-refractivity contribution < 1.29 is 5.11 Å². The molecule has 26 heavy (non-hydrogen) atoms. The average molecular weight is 358 g/mol. The van der Waals surface area contributed by atoms with Gasteiger partial charge in [0.25, 0.3) is 0 Å². The normalized spacial score (nSPS) is 20.8. The van der Waals surface area contributed by atoms with Crippen molar-refractivity contribution in [3.05, 3.63) is 29.8 Å². The standard InChI is InChI=1S/C22H35N3O/c1-22(2,26)17-13-15-20(16-14-17)25-21(23-18-9-5-3-6-10-18)24-19-11-7-4-8-12-19/h13-16,18-19,26H,3-12H2,1-2H3,(H2,23,24,25). The number of aliphatic imine (C=N–C) groups is 1. The van der Waals surface area contributed by atoms with Gasteiger partial charge in [-0.05, 0) is 57.2 Å². The van der Waals surface area contributed by atoms with E-state index in [1.807, 2.05) is 38.1 Å². The lowest BCUT2D eigenvalue weighted by molar-refractivity contribution is 0.0786. The van der Waals surface area contributed by atoms with Crippen LogP contribution in [0.1, 0.15) is 83.6 Å². The molecule has 4 nitrogen and oxygen atoms in total. The Morgan fingerprint density at radius 1 is 0.923 bits per heavy atom. The first-order valence-electron chi connectivity index (χ1n) is 10.4. The van der Waals surface area contributed by atoms with E-state index >= 15 is 0 Å². The van der Waals surface area contributed by atoms with Crippen LogP contribution in [0.5, 0.6) is 0 Å². The van der Waals surface area contributed by atoms with Gasteiger partial charge in [0.05, 0.1) is 11.6 Å². The number of aliphatic hydroxyl groups is 1. The molecule has 2 saturated carbocycles. The van der Waals surface area contributed by atoms with E-state index in [0.29, 0.717) is 12.1 Å². The summed E-state index contributed by atoms with van der Waals surface area (Å²) in [4.78, 5) is 5.04. The van der Waals surface area contributed by atoms with Gasteiger partial charge in [-0.25, -0.2) is 4.99 Å². The number of nitrogens with zero attached hydrogens (tertiary/aromatic N) is 1. The molecule has 0 amide bonds. The molecule has 1 aromatic rings. The molecular weight excluding hydrogens is 322 g/mol. The lowest BCUT2D eigenvalue weighted by Crippen LogP contribution is -2.41. The predicted molar refractivity (Wildman–Crippen MR) is 110 cm³/mol. The summed E-state index contributed by atoms with van der Waals surface area (Å²) >= 11 is 0. The van der Waals surface area contributed by atoms with Crippen LogP contribution in [0.3, 0.4) is 0 Å². The van der Waals surface area contributed by atoms with Crippen molar-refractivity contribution in [3.63, 3.8) is 0 Å². The quantitative estimate of drug-likeness (QED) is 0.528. The van der Waals surface area contributed by atoms with E-state index in [2.05, 4.69) is 10.6 Å². The summed E-state index contributed by atoms with van der Waals surface area (Å²) in [5, 5.41) is 17.3. The van der Waals surface area contributed by atoms with Crippen molar-refractivity contribution in [1.29, 1.82) is 0 Å². The zero-order valence-electron chi connectivity index (χ0n) is 16.4. The van der Waals surface area contributed by atoms with Gasteiger partial charge < -0.3 is 15.7 Å². The fourth-order valence-corrected chi connectivity index (χ4v) is 4.04. The molecule has 4 heteroatoms. The van der Waals surface area contributed by atoms with E-state index in [4.69, 9.17) is 4.99 Å². The highest BCUT2D eigenvalue weighted by Gasteiger charge is 2.19. The molecule has 0 heterocycles. The minimum atomic E-state index is -0.808. The largest absolute Gasteiger partial charge is 0.386 e. The third-order valence-corrected chi connectivity index (χ3v) is 5.69. The summed E-state index contributed by atoms with van der Waals surface area (Å²) in [6, 6.07) is 9.02. The Balaban J connectivity index is 1.70. The van der Waals surface area contributed by atoms with Crippen LogP contribution in [-0.2, 0) is 5.60 Å². The van der Waals surface area contributed by atoms with Crippen LogP contribution in [-0.4, -0.2) is 23.1 Å². The first-order chi connectivity index (χ1) is 12.5. The molecule has 1 aromatic carbocycles. The molecule has 0 bridgehead atoms. The Kier molecular flexibility index (Phi) is 6.58. The van der Waals surface area contributed by atoms with Crippen LogP contribution in [0, 0.1) is 0 Å². The maximum absolute atomic E-state index is 10.1. The number of guanidine groups is 1. The summed E-state index contributed by atoms with van der Waals surface area (Å²) in [6.45, 7) is 3.63. The molecule has 2 fully saturated rings. The van der Waals surface area contributed by atoms with Crippen LogP contribution >= 0.6 is 0 Å². The van der Waals surface area contributed by atoms with E-state index < -0.39 is 5.60 Å². The molecule has 0 aromatic heterocycles. The third kappa shape index (κ3) is 5.73. The highest BCUT2D eigenvalue weighted by molar-refractivity contribution is 5.94. The van der Waals surface area contributed by atoms with Crippen molar-refractivity contribution in [2.24, 2.45) is 4.99 Å². The zero-order valence-corrected chi connectivity index (χ0v) is 16.4. The molecule has 0 atom stereocenters. The number of rotatable bonds is 4. The van der Waals surface area contributed by atoms with Crippen LogP contribution in [0.4, 0.5) is 5.69 Å². The smallest absolute Gasteiger partial charge is 0.196 e. The highest BCUT2D eigenvalue weighted by Crippen LogP contribution is 2.23. The summed E-state index contributed by atoms with van der Waals surface area (Å²) in [7, 11) is 0. The Morgan fingerprint density at radius 2 is 1.50 bits per heavy atom. The van der Waals surface area contributed by atoms with Gasteiger partial charge in [0.15, 0.2) is 5.96 Å². The van der Waals surface area contributed by atoms with Crippen molar-refractivity contribution in [3.8, 4) is 0 Å². The first-order valence-corrected chi connectivity index (χ1v) is 10.4. The van der Waals surface area contributed by atoms with Crippen molar-refractivity contribution in [2.45, 2.75) is 95.7 Å². The molecule has 0 saturated heterocycles. The Labute approximate surface area is 158 Å². The summed E-state index contributed by atoms with van der Waals surface area (Å²) < 4.78 is 0. The molecule has 144 valence electrons. The number of hydrogen-bond acceptors (Lipinski definition) is 2. The molecule has 0 unspecified atom stereocenters. The number of benzene rings is 1. The first kappa shape index (κ1) is 19.2. The molecule has 2 aliphatic rings. The van der Waals surface area contributed by atoms with Crippen LogP contribution < -0.4 is 10.6 Å². The Hall–Kier alpha value is -1.55. The Morgan fingerprint density at radius 3 is 2.08 bits per heavy atom. The maximum atomic E-state index is 10.1. The third-order valence-electron chi connectivity index (χ3n) is 5.69. The lowest BCUT2D eigenvalue weighted by Gasteiger charge is -2.27. The topological polar surface area (TPSA) is 56.6 Å². The van der Waals surface area contributed by atoms with Crippen molar-refractivity contribution in [2.75, 3.05) is 5.32 Å². The van der Waals surface area contributed by atoms with E-state index in [1.54, 1.807) is 0 Å². The zero-order chi connectivity index (χ0) is 18.4. The van der Waals surface area contributed by atoms with Gasteiger partial charge in [-0.2, -0.15) is 0 Å². The maximum Gasteiger partial charge on any atom is 0.196 e. The van der Waals surface area contributed by atoms with Gasteiger partial charge in [0.1, 0.15) is 0 Å². The molecule has 2 aliphatic carbocycles. The van der Waals surface area contributed by atoms with Gasteiger partial charge in [0.2, 0.25) is 0 Å². The number of hydrogen-bond donors (Lipinski definition) is 3. The minimum absolute atomic E-state index is 0.443. The van der Waals surface area contributed by atoms with Crippen molar-refractivity contribution >= 4 is 11.6 Å². The second-order valence-corrected chi connectivity index (χ2v) is 8.51. The summed E-state index contributed by atoms with van der Waals surface area (Å²) in [5.74, 6) is 0.930. The van der Waals surface area contributed by atoms with Gasteiger partial charge in [-0.15, -0.1) is 0 Å². The molecule has 0 radical (unpaired) electrons. The highest BCUT2D eigenvalue weighted by atomic mass is 16.3. The van der Waals surface area contributed by atoms with Crippen molar-refractivity contribution in [1.82, 2.24) is 5.32 Å². The molecule has 3 rings (SSSR count). The summed E-state index contributed by atoms with van der Waals surface area (Å²) in [6.07, 6.45) is 12.8. The molecule has 0 aliphatic heterocycles. The SMILES string of the molecule is CC(C)(O)c1ccc(NC(=NC2CCCCC2)NC2CCCCC2)cc1.